The van der Waals surface area contributed by atoms with Gasteiger partial charge in [0.2, 0.25) is 5.91 Å². The van der Waals surface area contributed by atoms with Crippen molar-refractivity contribution < 1.29 is 13.6 Å². The molecule has 0 aliphatic carbocycles. The van der Waals surface area contributed by atoms with Crippen LogP contribution in [0.4, 0.5) is 4.39 Å². The minimum atomic E-state index is -0.349. The van der Waals surface area contributed by atoms with Crippen LogP contribution in [0, 0.1) is 5.82 Å². The Kier molecular flexibility index (Phi) is 6.95. The smallest absolute Gasteiger partial charge is 0.220 e. The summed E-state index contributed by atoms with van der Waals surface area (Å²) in [6, 6.07) is 6.40. The molecule has 1 aromatic carbocycles. The van der Waals surface area contributed by atoms with E-state index in [1.54, 1.807) is 18.2 Å². The van der Waals surface area contributed by atoms with Crippen molar-refractivity contribution >= 4 is 5.91 Å². The number of likely N-dealkylation sites (N-methyl/N-ethyl adjacent to an activating group) is 1. The number of carbonyl (C=O) groups is 1. The number of halogens is 1. The number of aryl methyl sites for hydroxylation is 1. The van der Waals surface area contributed by atoms with Crippen molar-refractivity contribution in [3.8, 4) is 11.3 Å². The monoisotopic (exact) mass is 374 g/mol. The van der Waals surface area contributed by atoms with Gasteiger partial charge in [0.1, 0.15) is 5.82 Å². The lowest BCUT2D eigenvalue weighted by Gasteiger charge is -2.32. The summed E-state index contributed by atoms with van der Waals surface area (Å²) in [5.74, 6) is 0.467. The first-order valence-corrected chi connectivity index (χ1v) is 9.49. The minimum Gasteiger partial charge on any atom is -0.441 e. The minimum absolute atomic E-state index is 0.0148. The van der Waals surface area contributed by atoms with Gasteiger partial charge in [0, 0.05) is 45.6 Å². The second-order valence-electron chi connectivity index (χ2n) is 6.95. The molecule has 1 fully saturated rings. The Hall–Kier alpha value is -2.25. The van der Waals surface area contributed by atoms with Crippen LogP contribution in [0.2, 0.25) is 0 Å². The summed E-state index contributed by atoms with van der Waals surface area (Å²) in [5.41, 5.74) is 0.379. The van der Waals surface area contributed by atoms with Crippen LogP contribution >= 0.6 is 0 Å². The third-order valence-corrected chi connectivity index (χ3v) is 4.83. The molecule has 7 heteroatoms. The highest BCUT2D eigenvalue weighted by Crippen LogP contribution is 2.23. The Bertz CT molecular complexity index is 741. The number of oxazole rings is 1. The van der Waals surface area contributed by atoms with Crippen molar-refractivity contribution in [2.24, 2.45) is 0 Å². The average molecular weight is 374 g/mol. The van der Waals surface area contributed by atoms with Crippen molar-refractivity contribution in [3.63, 3.8) is 0 Å². The second kappa shape index (κ2) is 9.62. The molecule has 1 amide bonds. The predicted molar refractivity (Wildman–Crippen MR) is 102 cm³/mol. The fourth-order valence-corrected chi connectivity index (χ4v) is 3.12. The molecule has 0 atom stereocenters. The van der Waals surface area contributed by atoms with Gasteiger partial charge in [0.15, 0.2) is 11.7 Å². The molecule has 3 rings (SSSR count). The summed E-state index contributed by atoms with van der Waals surface area (Å²) >= 11 is 0. The summed E-state index contributed by atoms with van der Waals surface area (Å²) < 4.78 is 19.3. The lowest BCUT2D eigenvalue weighted by molar-refractivity contribution is -0.121. The van der Waals surface area contributed by atoms with Gasteiger partial charge < -0.3 is 19.5 Å². The molecule has 0 unspecified atom stereocenters. The van der Waals surface area contributed by atoms with Crippen molar-refractivity contribution in [2.75, 3.05) is 46.3 Å². The summed E-state index contributed by atoms with van der Waals surface area (Å²) in [6.07, 6.45) is 3.16. The molecule has 1 N–H and O–H groups in total. The van der Waals surface area contributed by atoms with E-state index in [1.165, 1.54) is 12.3 Å². The molecule has 27 heavy (non-hydrogen) atoms. The molecule has 146 valence electrons. The standard InChI is InChI=1S/C20H27FN4O2/c1-24-11-13-25(14-12-24)10-4-9-22-19(26)7-8-20-23-15-18(27-20)16-5-2-3-6-17(16)21/h2-3,5-6,15H,4,7-14H2,1H3,(H,22,26). The summed E-state index contributed by atoms with van der Waals surface area (Å²) in [7, 11) is 2.14. The highest BCUT2D eigenvalue weighted by Gasteiger charge is 2.14. The van der Waals surface area contributed by atoms with Gasteiger partial charge in [-0.3, -0.25) is 4.79 Å². The van der Waals surface area contributed by atoms with Crippen LogP contribution in [-0.4, -0.2) is 67.0 Å². The molecular weight excluding hydrogens is 347 g/mol. The van der Waals surface area contributed by atoms with Crippen LogP contribution in [0.15, 0.2) is 34.9 Å². The van der Waals surface area contributed by atoms with Crippen LogP contribution < -0.4 is 5.32 Å². The Labute approximate surface area is 159 Å². The molecule has 2 heterocycles. The molecule has 0 spiro atoms. The topological polar surface area (TPSA) is 61.6 Å². The maximum absolute atomic E-state index is 13.8. The molecule has 0 bridgehead atoms. The fourth-order valence-electron chi connectivity index (χ4n) is 3.12. The fraction of sp³-hybridized carbons (Fsp3) is 0.500. The van der Waals surface area contributed by atoms with Gasteiger partial charge >= 0.3 is 0 Å². The number of aromatic nitrogens is 1. The highest BCUT2D eigenvalue weighted by atomic mass is 19.1. The zero-order valence-electron chi connectivity index (χ0n) is 15.8. The Morgan fingerprint density at radius 2 is 2.04 bits per heavy atom. The maximum Gasteiger partial charge on any atom is 0.220 e. The number of rotatable bonds is 8. The largest absolute Gasteiger partial charge is 0.441 e. The second-order valence-corrected chi connectivity index (χ2v) is 6.95. The van der Waals surface area contributed by atoms with E-state index in [4.69, 9.17) is 4.42 Å². The Balaban J connectivity index is 1.34. The molecule has 1 aliphatic rings. The first-order valence-electron chi connectivity index (χ1n) is 9.49. The highest BCUT2D eigenvalue weighted by molar-refractivity contribution is 5.76. The molecular formula is C20H27FN4O2. The molecule has 1 aromatic heterocycles. The van der Waals surface area contributed by atoms with E-state index in [-0.39, 0.29) is 11.7 Å². The van der Waals surface area contributed by atoms with Crippen LogP contribution in [0.25, 0.3) is 11.3 Å². The van der Waals surface area contributed by atoms with Crippen LogP contribution in [-0.2, 0) is 11.2 Å². The molecule has 0 radical (unpaired) electrons. The SMILES string of the molecule is CN1CCN(CCCNC(=O)CCc2ncc(-c3ccccc3F)o2)CC1. The normalized spacial score (nSPS) is 15.8. The first kappa shape index (κ1) is 19.5. The van der Waals surface area contributed by atoms with Crippen molar-refractivity contribution in [1.29, 1.82) is 0 Å². The van der Waals surface area contributed by atoms with Gasteiger partial charge in [0.05, 0.1) is 11.8 Å². The lowest BCUT2D eigenvalue weighted by atomic mass is 10.2. The summed E-state index contributed by atoms with van der Waals surface area (Å²) in [5, 5.41) is 2.94. The predicted octanol–water partition coefficient (Wildman–Crippen LogP) is 2.17. The molecule has 0 saturated carbocycles. The van der Waals surface area contributed by atoms with Crippen molar-refractivity contribution in [3.05, 3.63) is 42.2 Å². The van der Waals surface area contributed by atoms with E-state index in [0.717, 1.165) is 39.1 Å². The van der Waals surface area contributed by atoms with Crippen LogP contribution in [0.3, 0.4) is 0 Å². The van der Waals surface area contributed by atoms with E-state index in [1.807, 2.05) is 0 Å². The third-order valence-electron chi connectivity index (χ3n) is 4.83. The number of benzene rings is 1. The van der Waals surface area contributed by atoms with Gasteiger partial charge in [0.25, 0.3) is 0 Å². The van der Waals surface area contributed by atoms with Gasteiger partial charge in [-0.25, -0.2) is 9.37 Å². The van der Waals surface area contributed by atoms with Crippen LogP contribution in [0.5, 0.6) is 0 Å². The number of hydrogen-bond acceptors (Lipinski definition) is 5. The van der Waals surface area contributed by atoms with E-state index in [9.17, 15) is 9.18 Å². The maximum atomic E-state index is 13.8. The zero-order valence-corrected chi connectivity index (χ0v) is 15.8. The van der Waals surface area contributed by atoms with Crippen LogP contribution in [0.1, 0.15) is 18.7 Å². The summed E-state index contributed by atoms with van der Waals surface area (Å²) in [4.78, 5) is 20.9. The number of nitrogens with zero attached hydrogens (tertiary/aromatic N) is 3. The number of nitrogens with one attached hydrogen (secondary N) is 1. The zero-order chi connectivity index (χ0) is 19.1. The number of hydrogen-bond donors (Lipinski definition) is 1. The average Bonchev–Trinajstić information content (AvgIpc) is 3.14. The number of piperazine rings is 1. The van der Waals surface area contributed by atoms with Gasteiger partial charge in [-0.2, -0.15) is 0 Å². The van der Waals surface area contributed by atoms with Gasteiger partial charge in [-0.05, 0) is 32.1 Å². The van der Waals surface area contributed by atoms with E-state index in [0.29, 0.717) is 36.6 Å². The molecule has 6 nitrogen and oxygen atoms in total. The molecule has 1 aliphatic heterocycles. The van der Waals surface area contributed by atoms with Crippen molar-refractivity contribution in [1.82, 2.24) is 20.1 Å². The Morgan fingerprint density at radius 3 is 2.81 bits per heavy atom. The van der Waals surface area contributed by atoms with E-state index in [2.05, 4.69) is 27.1 Å². The first-order chi connectivity index (χ1) is 13.1. The quantitative estimate of drug-likeness (QED) is 0.718. The lowest BCUT2D eigenvalue weighted by Crippen LogP contribution is -2.45. The number of carbonyl (C=O) groups excluding carboxylic acids is 1. The van der Waals surface area contributed by atoms with E-state index < -0.39 is 0 Å². The third kappa shape index (κ3) is 5.87. The van der Waals surface area contributed by atoms with Crippen molar-refractivity contribution in [2.45, 2.75) is 19.3 Å². The molecule has 2 aromatic rings. The number of amides is 1. The van der Waals surface area contributed by atoms with Gasteiger partial charge in [-0.15, -0.1) is 0 Å². The van der Waals surface area contributed by atoms with E-state index >= 15 is 0 Å². The Morgan fingerprint density at radius 1 is 1.26 bits per heavy atom. The van der Waals surface area contributed by atoms with Gasteiger partial charge in [-0.1, -0.05) is 12.1 Å². The molecule has 1 saturated heterocycles. The summed E-state index contributed by atoms with van der Waals surface area (Å²) in [6.45, 7) is 6.10.